The molecule has 0 saturated heterocycles. The summed E-state index contributed by atoms with van der Waals surface area (Å²) in [4.78, 5) is 14.3. The maximum absolute atomic E-state index is 4.60. The van der Waals surface area contributed by atoms with Crippen LogP contribution in [0.3, 0.4) is 0 Å². The SMILES string of the molecule is Cc1ccon1.Cc1ccsn1.Cc1cnc[nH]1.Cc1cnoc1.Cc1cnsc1.Cc1cocn1.Cc1cscn1.[CH3-].[CH3-].[CH3-].[CH3-].[CH3-].[CH3-].[CH3-].[V].[V].[V].[V].[V].[V].[V]. The van der Waals surface area contributed by atoms with E-state index in [9.17, 15) is 0 Å². The summed E-state index contributed by atoms with van der Waals surface area (Å²) in [5.41, 5.74) is 9.32. The molecule has 315 valence electrons. The van der Waals surface area contributed by atoms with Gasteiger partial charge in [-0.2, -0.15) is 4.37 Å². The molecule has 0 aromatic carbocycles. The van der Waals surface area contributed by atoms with Crippen molar-refractivity contribution in [2.45, 2.75) is 48.5 Å². The molecule has 7 aromatic heterocycles. The van der Waals surface area contributed by atoms with Crippen LogP contribution >= 0.6 is 34.4 Å². The molecule has 0 saturated carbocycles. The molecule has 7 radical (unpaired) electrons. The number of nitrogens with zero attached hydrogens (tertiary/aromatic N) is 7. The Kier molecular flexibility index (Phi) is 114. The van der Waals surface area contributed by atoms with Crippen LogP contribution in [0.15, 0.2) is 97.3 Å². The van der Waals surface area contributed by atoms with Crippen molar-refractivity contribution in [1.82, 2.24) is 39.0 Å². The van der Waals surface area contributed by atoms with Gasteiger partial charge in [-0.3, -0.25) is 4.98 Å². The Morgan fingerprint density at radius 3 is 1.34 bits per heavy atom. The average molecular weight is 1090 g/mol. The van der Waals surface area contributed by atoms with Gasteiger partial charge in [0.2, 0.25) is 0 Å². The molecule has 11 nitrogen and oxygen atoms in total. The number of thiazole rings is 1. The largest absolute Gasteiger partial charge is 0.452 e. The smallest absolute Gasteiger partial charge is 0.180 e. The molecule has 0 spiro atoms. The molecule has 1 N–H and O–H groups in total. The third-order valence-electron chi connectivity index (χ3n) is 3.99. The van der Waals surface area contributed by atoms with Gasteiger partial charge in [0.05, 0.1) is 35.1 Å². The number of aromatic nitrogens is 8. The van der Waals surface area contributed by atoms with E-state index < -0.39 is 0 Å². The van der Waals surface area contributed by atoms with Crippen molar-refractivity contribution in [3.63, 3.8) is 0 Å². The molecule has 0 atom stereocenters. The van der Waals surface area contributed by atoms with Crippen LogP contribution in [0.1, 0.15) is 39.6 Å². The van der Waals surface area contributed by atoms with Crippen LogP contribution in [0.2, 0.25) is 0 Å². The second kappa shape index (κ2) is 66.6. The second-order valence-corrected chi connectivity index (χ2v) is 10.2. The minimum Gasteiger partial charge on any atom is -0.452 e. The third-order valence-corrected chi connectivity index (χ3v) is 6.05. The maximum Gasteiger partial charge on any atom is 0.180 e. The number of imidazole rings is 1. The first-order valence-corrected chi connectivity index (χ1v) is 15.0. The zero-order valence-electron chi connectivity index (χ0n) is 34.8. The second-order valence-electron chi connectivity index (χ2n) is 8.18. The van der Waals surface area contributed by atoms with E-state index in [1.54, 1.807) is 54.9 Å². The van der Waals surface area contributed by atoms with Crippen molar-refractivity contribution in [3.8, 4) is 0 Å². The number of hydrogen-bond acceptors (Lipinski definition) is 13. The van der Waals surface area contributed by atoms with Crippen molar-refractivity contribution in [3.05, 3.63) is 175 Å². The molecule has 7 heterocycles. The van der Waals surface area contributed by atoms with Gasteiger partial charge in [-0.05, 0) is 83.2 Å². The van der Waals surface area contributed by atoms with Crippen molar-refractivity contribution in [1.29, 1.82) is 0 Å². The summed E-state index contributed by atoms with van der Waals surface area (Å²) in [6.45, 7) is 13.6. The van der Waals surface area contributed by atoms with Crippen LogP contribution in [0.4, 0.5) is 0 Å². The van der Waals surface area contributed by atoms with Gasteiger partial charge in [0.25, 0.3) is 0 Å². The monoisotopic (exact) mass is 1090 g/mol. The van der Waals surface area contributed by atoms with Crippen LogP contribution < -0.4 is 0 Å². The number of aryl methyl sites for hydroxylation is 7. The van der Waals surface area contributed by atoms with Gasteiger partial charge in [-0.1, -0.05) is 10.3 Å². The van der Waals surface area contributed by atoms with Crippen LogP contribution in [-0.4, -0.2) is 39.0 Å². The number of H-pyrrole nitrogens is 1. The van der Waals surface area contributed by atoms with Gasteiger partial charge in [-0.25, -0.2) is 14.3 Å². The molecule has 0 aliphatic carbocycles. The van der Waals surface area contributed by atoms with E-state index in [1.165, 1.54) is 35.0 Å². The molecule has 0 fully saturated rings. The summed E-state index contributed by atoms with van der Waals surface area (Å²) < 4.78 is 21.4. The summed E-state index contributed by atoms with van der Waals surface area (Å²) in [5, 5.41) is 13.0. The van der Waals surface area contributed by atoms with E-state index in [-0.39, 0.29) is 182 Å². The zero-order chi connectivity index (χ0) is 30.8. The number of oxazole rings is 1. The van der Waals surface area contributed by atoms with E-state index in [0.29, 0.717) is 0 Å². The average Bonchev–Trinajstić information content (AvgIpc) is 3.79. The van der Waals surface area contributed by atoms with Gasteiger partial charge in [0.15, 0.2) is 6.39 Å². The van der Waals surface area contributed by atoms with E-state index in [1.807, 2.05) is 82.4 Å². The Morgan fingerprint density at radius 1 is 0.589 bits per heavy atom. The number of nitrogens with one attached hydrogen (secondary N) is 1. The minimum atomic E-state index is 0. The quantitative estimate of drug-likeness (QED) is 0.146. The summed E-state index contributed by atoms with van der Waals surface area (Å²) in [7, 11) is 0. The van der Waals surface area contributed by atoms with E-state index >= 15 is 0 Å². The molecular formula is C35H57N8O3S3V7-7. The van der Waals surface area contributed by atoms with Crippen LogP contribution in [0.5, 0.6) is 0 Å². The predicted octanol–water partition coefficient (Wildman–Crippen LogP) is 11.2. The van der Waals surface area contributed by atoms with E-state index in [2.05, 4.69) is 52.5 Å². The Bertz CT molecular complexity index is 1130. The fraction of sp³-hybridized carbons (Fsp3) is 0.200. The number of hydrogen-bond donors (Lipinski definition) is 1. The van der Waals surface area contributed by atoms with Crippen LogP contribution in [0, 0.1) is 100 Å². The van der Waals surface area contributed by atoms with Gasteiger partial charge in [0.1, 0.15) is 18.8 Å². The van der Waals surface area contributed by atoms with Gasteiger partial charge < -0.3 is 70.4 Å². The summed E-state index contributed by atoms with van der Waals surface area (Å²) in [5.74, 6) is 0. The molecule has 0 bridgehead atoms. The molecular weight excluding hydrogens is 1030 g/mol. The Labute approximate surface area is 435 Å². The molecule has 56 heavy (non-hydrogen) atoms. The minimum absolute atomic E-state index is 0. The molecule has 21 heteroatoms. The Hall–Kier alpha value is -0.179. The summed E-state index contributed by atoms with van der Waals surface area (Å²) >= 11 is 4.61. The molecule has 0 aliphatic heterocycles. The fourth-order valence-electron chi connectivity index (χ4n) is 1.93. The Morgan fingerprint density at radius 2 is 1.21 bits per heavy atom. The van der Waals surface area contributed by atoms with Gasteiger partial charge in [0, 0.05) is 181 Å². The number of rotatable bonds is 0. The third kappa shape index (κ3) is 63.0. The van der Waals surface area contributed by atoms with Gasteiger partial charge in [-0.15, -0.1) is 11.3 Å². The first-order valence-electron chi connectivity index (χ1n) is 12.4. The molecule has 0 aliphatic rings. The van der Waals surface area contributed by atoms with E-state index in [0.717, 1.165) is 34.0 Å². The van der Waals surface area contributed by atoms with Crippen molar-refractivity contribution < 1.29 is 143 Å². The Balaban J connectivity index is -0.0000000294. The first-order chi connectivity index (χ1) is 20.3. The van der Waals surface area contributed by atoms with Crippen molar-refractivity contribution in [2.75, 3.05) is 0 Å². The molecule has 0 unspecified atom stereocenters. The first kappa shape index (κ1) is 95.9. The maximum atomic E-state index is 4.60. The zero-order valence-corrected chi connectivity index (χ0v) is 47.0. The summed E-state index contributed by atoms with van der Waals surface area (Å²) in [6.07, 6.45) is 13.1. The fourth-order valence-corrected chi connectivity index (χ4v) is 3.54. The number of aromatic amines is 1. The van der Waals surface area contributed by atoms with Crippen molar-refractivity contribution in [2.24, 2.45) is 0 Å². The standard InChI is InChI=1S/C4H6N2.3C4H5NO.3C4H5NS.7CH3.7V/c1-4-2-5-3-6-4;1-4-2-6-3-5-4;1-4-2-5-6-3-4;1-4-2-3-6-5-4;1-4-2-6-3-5-4;1-4-2-5-6-3-4;1-4-2-3-6-5-4;;;;;;;;;;;;;;/h2-3H,1H3,(H,5,6);6*2-3H,1H3;7*1H3;;;;;;;/q;;;;;;;7*-1;;;;;;;. The molecule has 7 aromatic rings. The van der Waals surface area contributed by atoms with E-state index in [4.69, 9.17) is 0 Å². The van der Waals surface area contributed by atoms with Crippen LogP contribution in [0.25, 0.3) is 0 Å². The van der Waals surface area contributed by atoms with Gasteiger partial charge >= 0.3 is 0 Å². The van der Waals surface area contributed by atoms with Crippen molar-refractivity contribution >= 4 is 34.4 Å². The normalized spacial score (nSPS) is 6.62. The topological polar surface area (TPSA) is 145 Å². The summed E-state index contributed by atoms with van der Waals surface area (Å²) in [6, 6.07) is 3.80. The molecule has 0 amide bonds. The predicted molar refractivity (Wildman–Crippen MR) is 212 cm³/mol. The molecule has 7 rings (SSSR count). The van der Waals surface area contributed by atoms with Crippen LogP contribution in [-0.2, 0) is 130 Å².